The van der Waals surface area contributed by atoms with E-state index in [2.05, 4.69) is 5.32 Å². The molecule has 1 aliphatic heterocycles. The Morgan fingerprint density at radius 3 is 2.43 bits per heavy atom. The molecule has 1 aliphatic rings. The summed E-state index contributed by atoms with van der Waals surface area (Å²) in [6.07, 6.45) is 0.232. The summed E-state index contributed by atoms with van der Waals surface area (Å²) in [5.74, 6) is 0.418. The third kappa shape index (κ3) is 4.63. The average molecular weight is 412 g/mol. The van der Waals surface area contributed by atoms with Gasteiger partial charge in [0.1, 0.15) is 11.3 Å². The highest BCUT2D eigenvalue weighted by Crippen LogP contribution is 2.33. The third-order valence-corrected chi connectivity index (χ3v) is 5.20. The second-order valence-corrected chi connectivity index (χ2v) is 7.38. The number of nitrogens with zero attached hydrogens (tertiary/aromatic N) is 1. The number of aliphatic hydroxyl groups is 1. The number of urea groups is 1. The molecule has 30 heavy (non-hydrogen) atoms. The molecule has 0 radical (unpaired) electrons. The number of rotatable bonds is 10. The predicted octanol–water partition coefficient (Wildman–Crippen LogP) is 2.82. The maximum atomic E-state index is 13.2. The van der Waals surface area contributed by atoms with Crippen LogP contribution in [0.25, 0.3) is 0 Å². The quantitative estimate of drug-likeness (QED) is 0.586. The topological polar surface area (TPSA) is 88.1 Å². The van der Waals surface area contributed by atoms with E-state index in [4.69, 9.17) is 9.47 Å². The lowest BCUT2D eigenvalue weighted by atomic mass is 9.85. The van der Waals surface area contributed by atoms with Gasteiger partial charge in [0.2, 0.25) is 0 Å². The standard InChI is InChI=1S/C23H28N2O5/c1-3-13-23(18-7-5-4-6-8-18)21(27)25(22(28)24-23)14-19(26)16-30-15-17-9-11-20(29-2)12-10-17/h4-12,19,26H,3,13-16H2,1-2H3,(H,24,28). The summed E-state index contributed by atoms with van der Waals surface area (Å²) in [5.41, 5.74) is 0.596. The van der Waals surface area contributed by atoms with E-state index >= 15 is 0 Å². The second kappa shape index (κ2) is 9.73. The average Bonchev–Trinajstić information content (AvgIpc) is 3.00. The highest BCUT2D eigenvalue weighted by atomic mass is 16.5. The van der Waals surface area contributed by atoms with E-state index in [1.165, 1.54) is 0 Å². The van der Waals surface area contributed by atoms with Crippen LogP contribution < -0.4 is 10.1 Å². The molecule has 1 saturated heterocycles. The molecule has 160 valence electrons. The lowest BCUT2D eigenvalue weighted by Gasteiger charge is -2.27. The van der Waals surface area contributed by atoms with Gasteiger partial charge < -0.3 is 19.9 Å². The van der Waals surface area contributed by atoms with Gasteiger partial charge in [-0.2, -0.15) is 0 Å². The summed E-state index contributed by atoms with van der Waals surface area (Å²) in [5, 5.41) is 13.2. The summed E-state index contributed by atoms with van der Waals surface area (Å²) in [4.78, 5) is 26.9. The van der Waals surface area contributed by atoms with E-state index in [0.717, 1.165) is 28.2 Å². The lowest BCUT2D eigenvalue weighted by Crippen LogP contribution is -2.44. The van der Waals surface area contributed by atoms with Crippen molar-refractivity contribution in [1.82, 2.24) is 10.2 Å². The first-order valence-electron chi connectivity index (χ1n) is 10.1. The van der Waals surface area contributed by atoms with Crippen LogP contribution in [-0.4, -0.2) is 48.3 Å². The number of β-amino-alcohol motifs (C(OH)–C–C–N with tert-alkyl or cyclic N) is 1. The highest BCUT2D eigenvalue weighted by Gasteiger charge is 2.51. The summed E-state index contributed by atoms with van der Waals surface area (Å²) in [6, 6.07) is 16.2. The predicted molar refractivity (Wildman–Crippen MR) is 112 cm³/mol. The second-order valence-electron chi connectivity index (χ2n) is 7.38. The number of imide groups is 1. The number of amides is 3. The van der Waals surface area contributed by atoms with Crippen LogP contribution in [-0.2, 0) is 21.7 Å². The molecule has 0 saturated carbocycles. The molecule has 0 spiro atoms. The maximum absolute atomic E-state index is 13.2. The summed E-state index contributed by atoms with van der Waals surface area (Å²) < 4.78 is 10.7. The smallest absolute Gasteiger partial charge is 0.325 e. The first-order chi connectivity index (χ1) is 14.5. The van der Waals surface area contributed by atoms with Crippen LogP contribution >= 0.6 is 0 Å². The summed E-state index contributed by atoms with van der Waals surface area (Å²) in [7, 11) is 1.60. The molecule has 1 heterocycles. The molecular formula is C23H28N2O5. The van der Waals surface area contributed by atoms with Crippen molar-refractivity contribution in [2.45, 2.75) is 38.0 Å². The summed E-state index contributed by atoms with van der Waals surface area (Å²) >= 11 is 0. The first kappa shape index (κ1) is 21.8. The fourth-order valence-electron chi connectivity index (χ4n) is 3.70. The molecule has 2 aromatic carbocycles. The van der Waals surface area contributed by atoms with E-state index in [1.807, 2.05) is 61.5 Å². The number of aliphatic hydroxyl groups excluding tert-OH is 1. The van der Waals surface area contributed by atoms with Crippen molar-refractivity contribution in [3.8, 4) is 5.75 Å². The van der Waals surface area contributed by atoms with Gasteiger partial charge in [-0.3, -0.25) is 9.69 Å². The molecule has 7 heteroatoms. The number of benzene rings is 2. The van der Waals surface area contributed by atoms with Crippen molar-refractivity contribution in [2.24, 2.45) is 0 Å². The molecule has 7 nitrogen and oxygen atoms in total. The molecule has 3 amide bonds. The Hall–Kier alpha value is -2.90. The van der Waals surface area contributed by atoms with E-state index in [1.54, 1.807) is 7.11 Å². The van der Waals surface area contributed by atoms with Crippen LogP contribution in [0, 0.1) is 0 Å². The van der Waals surface area contributed by atoms with Crippen LogP contribution in [0.3, 0.4) is 0 Å². The maximum Gasteiger partial charge on any atom is 0.325 e. The fraction of sp³-hybridized carbons (Fsp3) is 0.391. The Morgan fingerprint density at radius 1 is 1.10 bits per heavy atom. The van der Waals surface area contributed by atoms with Gasteiger partial charge in [-0.25, -0.2) is 4.79 Å². The zero-order valence-electron chi connectivity index (χ0n) is 17.3. The minimum atomic E-state index is -1.09. The fourth-order valence-corrected chi connectivity index (χ4v) is 3.70. The molecule has 2 atom stereocenters. The Balaban J connectivity index is 1.60. The molecule has 2 aromatic rings. The van der Waals surface area contributed by atoms with Crippen LogP contribution in [0.1, 0.15) is 30.9 Å². The zero-order valence-corrected chi connectivity index (χ0v) is 17.3. The normalized spacial score (nSPS) is 19.6. The number of nitrogens with one attached hydrogen (secondary N) is 1. The number of methoxy groups -OCH3 is 1. The minimum absolute atomic E-state index is 0.00913. The Bertz CT molecular complexity index is 856. The lowest BCUT2D eigenvalue weighted by molar-refractivity contribution is -0.133. The van der Waals surface area contributed by atoms with E-state index in [-0.39, 0.29) is 19.1 Å². The molecule has 0 aliphatic carbocycles. The molecule has 3 rings (SSSR count). The third-order valence-electron chi connectivity index (χ3n) is 5.20. The molecule has 0 aromatic heterocycles. The van der Waals surface area contributed by atoms with E-state index in [9.17, 15) is 14.7 Å². The summed E-state index contributed by atoms with van der Waals surface area (Å²) in [6.45, 7) is 2.17. The van der Waals surface area contributed by atoms with Crippen molar-refractivity contribution < 1.29 is 24.2 Å². The molecule has 2 N–H and O–H groups in total. The SMILES string of the molecule is CCCC1(c2ccccc2)NC(=O)N(CC(O)COCc2ccc(OC)cc2)C1=O. The Labute approximate surface area is 176 Å². The number of hydrogen-bond donors (Lipinski definition) is 2. The van der Waals surface area contributed by atoms with Gasteiger partial charge in [0.25, 0.3) is 5.91 Å². The zero-order chi connectivity index (χ0) is 21.6. The number of carbonyl (C=O) groups excluding carboxylic acids is 2. The van der Waals surface area contributed by atoms with Crippen LogP contribution in [0.15, 0.2) is 54.6 Å². The largest absolute Gasteiger partial charge is 0.497 e. The van der Waals surface area contributed by atoms with Gasteiger partial charge in [-0.1, -0.05) is 55.8 Å². The monoisotopic (exact) mass is 412 g/mol. The number of carbonyl (C=O) groups is 2. The Kier molecular flexibility index (Phi) is 7.07. The van der Waals surface area contributed by atoms with Crippen LogP contribution in [0.4, 0.5) is 4.79 Å². The molecule has 2 unspecified atom stereocenters. The van der Waals surface area contributed by atoms with Crippen molar-refractivity contribution in [1.29, 1.82) is 0 Å². The van der Waals surface area contributed by atoms with Crippen LogP contribution in [0.5, 0.6) is 5.75 Å². The molecular weight excluding hydrogens is 384 g/mol. The van der Waals surface area contributed by atoms with Gasteiger partial charge in [-0.05, 0) is 29.7 Å². The van der Waals surface area contributed by atoms with E-state index in [0.29, 0.717) is 13.0 Å². The van der Waals surface area contributed by atoms with Gasteiger partial charge in [0, 0.05) is 0 Å². The highest BCUT2D eigenvalue weighted by molar-refractivity contribution is 6.07. The van der Waals surface area contributed by atoms with Crippen LogP contribution in [0.2, 0.25) is 0 Å². The van der Waals surface area contributed by atoms with Gasteiger partial charge in [0.15, 0.2) is 0 Å². The van der Waals surface area contributed by atoms with E-state index < -0.39 is 17.7 Å². The van der Waals surface area contributed by atoms with Gasteiger partial charge in [-0.15, -0.1) is 0 Å². The first-order valence-corrected chi connectivity index (χ1v) is 10.1. The van der Waals surface area contributed by atoms with Crippen molar-refractivity contribution >= 4 is 11.9 Å². The molecule has 0 bridgehead atoms. The van der Waals surface area contributed by atoms with Gasteiger partial charge >= 0.3 is 6.03 Å². The number of ether oxygens (including phenoxy) is 2. The molecule has 1 fully saturated rings. The van der Waals surface area contributed by atoms with Crippen molar-refractivity contribution in [2.75, 3.05) is 20.3 Å². The van der Waals surface area contributed by atoms with Crippen molar-refractivity contribution in [3.63, 3.8) is 0 Å². The minimum Gasteiger partial charge on any atom is -0.497 e. The number of hydrogen-bond acceptors (Lipinski definition) is 5. The van der Waals surface area contributed by atoms with Crippen molar-refractivity contribution in [3.05, 3.63) is 65.7 Å². The van der Waals surface area contributed by atoms with Gasteiger partial charge in [0.05, 0.1) is 33.0 Å². The Morgan fingerprint density at radius 2 is 1.80 bits per heavy atom.